The van der Waals surface area contributed by atoms with Gasteiger partial charge in [0.25, 0.3) is 5.91 Å². The number of nitrogens with zero attached hydrogens (tertiary/aromatic N) is 3. The summed E-state index contributed by atoms with van der Waals surface area (Å²) in [4.78, 5) is 15.3. The summed E-state index contributed by atoms with van der Waals surface area (Å²) in [6, 6.07) is 8.28. The second kappa shape index (κ2) is 7.94. The van der Waals surface area contributed by atoms with Gasteiger partial charge in [-0.15, -0.1) is 0 Å². The van der Waals surface area contributed by atoms with E-state index in [-0.39, 0.29) is 16.9 Å². The summed E-state index contributed by atoms with van der Waals surface area (Å²) in [5.74, 6) is -5.39. The quantitative estimate of drug-likeness (QED) is 0.553. The van der Waals surface area contributed by atoms with Crippen molar-refractivity contribution in [1.82, 2.24) is 10.1 Å². The minimum absolute atomic E-state index is 0.0978. The van der Waals surface area contributed by atoms with E-state index in [2.05, 4.69) is 19.0 Å². The van der Waals surface area contributed by atoms with Crippen molar-refractivity contribution in [3.05, 3.63) is 71.1 Å². The lowest BCUT2D eigenvalue weighted by molar-refractivity contribution is -0.159. The molecule has 1 amide bonds. The highest BCUT2D eigenvalue weighted by Gasteiger charge is 2.38. The molecule has 0 aliphatic rings. The molecule has 1 heterocycles. The van der Waals surface area contributed by atoms with Gasteiger partial charge in [0.2, 0.25) is 5.82 Å². The predicted molar refractivity (Wildman–Crippen MR) is 95.6 cm³/mol. The Bertz CT molecular complexity index is 1230. The van der Waals surface area contributed by atoms with Crippen LogP contribution in [0.25, 0.3) is 11.4 Å². The van der Waals surface area contributed by atoms with Crippen LogP contribution in [-0.2, 0) is 21.7 Å². The van der Waals surface area contributed by atoms with E-state index in [0.29, 0.717) is 6.07 Å². The molecule has 1 unspecified atom stereocenters. The van der Waals surface area contributed by atoms with Crippen LogP contribution in [0, 0.1) is 11.6 Å². The predicted octanol–water partition coefficient (Wildman–Crippen LogP) is 4.47. The minimum Gasteiger partial charge on any atom is -0.329 e. The first-order valence-electron chi connectivity index (χ1n) is 8.15. The van der Waals surface area contributed by atoms with Crippen LogP contribution >= 0.6 is 0 Å². The van der Waals surface area contributed by atoms with Crippen LogP contribution in [0.1, 0.15) is 21.8 Å². The first-order valence-corrected chi connectivity index (χ1v) is 10.2. The van der Waals surface area contributed by atoms with E-state index >= 15 is 0 Å². The van der Waals surface area contributed by atoms with E-state index < -0.39 is 50.7 Å². The summed E-state index contributed by atoms with van der Waals surface area (Å²) in [7, 11) is -3.19. The average Bonchev–Trinajstić information content (AvgIpc) is 3.13. The summed E-state index contributed by atoms with van der Waals surface area (Å²) < 4.78 is 85.8. The van der Waals surface area contributed by atoms with Gasteiger partial charge in [-0.25, -0.2) is 13.0 Å². The van der Waals surface area contributed by atoms with E-state index in [9.17, 15) is 31.0 Å². The van der Waals surface area contributed by atoms with Crippen molar-refractivity contribution < 1.29 is 35.5 Å². The van der Waals surface area contributed by atoms with E-state index in [1.807, 2.05) is 0 Å². The molecule has 0 radical (unpaired) electrons. The lowest BCUT2D eigenvalue weighted by Crippen LogP contribution is -2.07. The molecule has 0 N–H and O–H groups in total. The lowest BCUT2D eigenvalue weighted by Gasteiger charge is -2.06. The van der Waals surface area contributed by atoms with Crippen LogP contribution in [0.5, 0.6) is 0 Å². The minimum atomic E-state index is -4.89. The highest BCUT2D eigenvalue weighted by atomic mass is 32.2. The number of alkyl halides is 3. The highest BCUT2D eigenvalue weighted by Crippen LogP contribution is 2.30. The Morgan fingerprint density at radius 3 is 2.43 bits per heavy atom. The van der Waals surface area contributed by atoms with Gasteiger partial charge in [-0.05, 0) is 24.3 Å². The molecule has 0 spiro atoms. The Morgan fingerprint density at radius 2 is 1.83 bits per heavy atom. The molecule has 0 saturated carbocycles. The molecular weight excluding hydrogens is 433 g/mol. The molecule has 158 valence electrons. The van der Waals surface area contributed by atoms with Crippen molar-refractivity contribution in [2.45, 2.75) is 11.9 Å². The lowest BCUT2D eigenvalue weighted by atomic mass is 10.1. The molecule has 30 heavy (non-hydrogen) atoms. The van der Waals surface area contributed by atoms with Crippen LogP contribution in [-0.4, -0.2) is 26.5 Å². The van der Waals surface area contributed by atoms with E-state index in [1.165, 1.54) is 24.3 Å². The summed E-state index contributed by atoms with van der Waals surface area (Å²) in [6.07, 6.45) is -3.74. The summed E-state index contributed by atoms with van der Waals surface area (Å²) in [6.45, 7) is 0. The Balaban J connectivity index is 1.86. The molecule has 0 bridgehead atoms. The van der Waals surface area contributed by atoms with Crippen molar-refractivity contribution in [2.75, 3.05) is 6.26 Å². The zero-order valence-corrected chi connectivity index (χ0v) is 15.9. The largest absolute Gasteiger partial charge is 0.471 e. The van der Waals surface area contributed by atoms with Gasteiger partial charge in [0.1, 0.15) is 11.6 Å². The zero-order valence-electron chi connectivity index (χ0n) is 15.1. The van der Waals surface area contributed by atoms with E-state index in [4.69, 9.17) is 0 Å². The number of benzene rings is 2. The second-order valence-electron chi connectivity index (χ2n) is 6.21. The third-order valence-electron chi connectivity index (χ3n) is 3.78. The van der Waals surface area contributed by atoms with Crippen LogP contribution in [0.2, 0.25) is 0 Å². The molecule has 0 fully saturated rings. The first kappa shape index (κ1) is 21.6. The zero-order chi connectivity index (χ0) is 22.1. The van der Waals surface area contributed by atoms with Gasteiger partial charge in [-0.2, -0.15) is 22.5 Å². The van der Waals surface area contributed by atoms with Crippen molar-refractivity contribution in [3.8, 4) is 11.4 Å². The second-order valence-corrected chi connectivity index (χ2v) is 8.60. The Morgan fingerprint density at radius 1 is 1.13 bits per heavy atom. The fourth-order valence-corrected chi connectivity index (χ4v) is 3.77. The maximum absolute atomic E-state index is 14.3. The number of rotatable bonds is 4. The number of amides is 1. The van der Waals surface area contributed by atoms with Gasteiger partial charge in [-0.1, -0.05) is 23.4 Å². The molecule has 0 aliphatic carbocycles. The van der Waals surface area contributed by atoms with Crippen LogP contribution in [0.3, 0.4) is 0 Å². The van der Waals surface area contributed by atoms with Crippen molar-refractivity contribution in [1.29, 1.82) is 0 Å². The molecular formula is C18H12F5N3O3S. The van der Waals surface area contributed by atoms with Gasteiger partial charge >= 0.3 is 12.1 Å². The fraction of sp³-hybridized carbons (Fsp3) is 0.167. The molecule has 6 nitrogen and oxygen atoms in total. The normalized spacial score (nSPS) is 13.7. The molecule has 12 heteroatoms. The van der Waals surface area contributed by atoms with Crippen LogP contribution in [0.15, 0.2) is 51.4 Å². The maximum Gasteiger partial charge on any atom is 0.471 e. The summed E-state index contributed by atoms with van der Waals surface area (Å²) in [5.41, 5.74) is -0.644. The Kier molecular flexibility index (Phi) is 5.70. The molecule has 3 aromatic rings. The van der Waals surface area contributed by atoms with Crippen molar-refractivity contribution in [3.63, 3.8) is 0 Å². The number of carbonyl (C=O) groups excluding carboxylic acids is 1. The van der Waals surface area contributed by atoms with Gasteiger partial charge in [0, 0.05) is 17.4 Å². The van der Waals surface area contributed by atoms with Crippen LogP contribution in [0.4, 0.5) is 22.0 Å². The summed E-state index contributed by atoms with van der Waals surface area (Å²) in [5, 5.41) is 3.07. The molecule has 2 aromatic carbocycles. The Hall–Kier alpha value is -3.15. The first-order chi connectivity index (χ1) is 14.0. The molecule has 1 atom stereocenters. The number of aromatic nitrogens is 2. The fourth-order valence-electron chi connectivity index (χ4n) is 2.44. The van der Waals surface area contributed by atoms with E-state index in [1.54, 1.807) is 0 Å². The summed E-state index contributed by atoms with van der Waals surface area (Å²) >= 11 is 0. The molecule has 3 rings (SSSR count). The van der Waals surface area contributed by atoms with Crippen molar-refractivity contribution >= 4 is 15.6 Å². The number of hydrogen-bond acceptors (Lipinski definition) is 5. The molecule has 0 saturated heterocycles. The average molecular weight is 445 g/mol. The Labute approximate surface area is 166 Å². The molecule has 1 aromatic heterocycles. The SMILES string of the molecule is CS(=O)(Cc1ccccc1F)=NC(=O)c1ccc(-c2noc(C(F)(F)F)n2)c(F)c1. The number of hydrogen-bond donors (Lipinski definition) is 0. The van der Waals surface area contributed by atoms with Gasteiger partial charge < -0.3 is 4.52 Å². The maximum atomic E-state index is 14.3. The number of carbonyl (C=O) groups is 1. The number of halogens is 5. The van der Waals surface area contributed by atoms with E-state index in [0.717, 1.165) is 18.4 Å². The third kappa shape index (κ3) is 4.87. The van der Waals surface area contributed by atoms with Gasteiger partial charge in [-0.3, -0.25) is 4.79 Å². The third-order valence-corrected chi connectivity index (χ3v) is 5.18. The smallest absolute Gasteiger partial charge is 0.329 e. The highest BCUT2D eigenvalue weighted by molar-refractivity contribution is 7.92. The monoisotopic (exact) mass is 445 g/mol. The molecule has 0 aliphatic heterocycles. The standard InChI is InChI=1S/C18H12F5N3O3S/c1-30(28,9-11-4-2-3-5-13(11)19)26-16(27)10-6-7-12(14(20)8-10)15-24-17(29-25-15)18(21,22)23/h2-8H,9H2,1H3. The van der Waals surface area contributed by atoms with Crippen molar-refractivity contribution in [2.24, 2.45) is 4.36 Å². The van der Waals surface area contributed by atoms with Gasteiger partial charge in [0.15, 0.2) is 0 Å². The topological polar surface area (TPSA) is 85.4 Å². The van der Waals surface area contributed by atoms with Crippen LogP contribution < -0.4 is 0 Å². The van der Waals surface area contributed by atoms with Gasteiger partial charge in [0.05, 0.1) is 21.0 Å².